The number of aliphatic hydroxyl groups excluding tert-OH is 1. The zero-order chi connectivity index (χ0) is 23.8. The number of ether oxygens (including phenoxy) is 1. The van der Waals surface area contributed by atoms with Gasteiger partial charge in [0, 0.05) is 18.5 Å². The number of benzene rings is 3. The van der Waals surface area contributed by atoms with Gasteiger partial charge in [0.15, 0.2) is 0 Å². The van der Waals surface area contributed by atoms with Crippen LogP contribution in [0.3, 0.4) is 0 Å². The highest BCUT2D eigenvalue weighted by atomic mass is 16.5. The van der Waals surface area contributed by atoms with Gasteiger partial charge < -0.3 is 19.8 Å². The van der Waals surface area contributed by atoms with Gasteiger partial charge in [-0.05, 0) is 60.4 Å². The van der Waals surface area contributed by atoms with Crippen LogP contribution in [0.4, 0.5) is 0 Å². The van der Waals surface area contributed by atoms with Crippen molar-refractivity contribution in [3.05, 3.63) is 101 Å². The molecule has 1 fully saturated rings. The van der Waals surface area contributed by atoms with Gasteiger partial charge in [-0.25, -0.2) is 0 Å². The van der Waals surface area contributed by atoms with Gasteiger partial charge in [0.2, 0.25) is 0 Å². The fourth-order valence-corrected chi connectivity index (χ4v) is 4.73. The smallest absolute Gasteiger partial charge is 0.295 e. The van der Waals surface area contributed by atoms with E-state index in [1.54, 1.807) is 24.3 Å². The number of likely N-dealkylation sites (tertiary alicyclic amines) is 1. The molecule has 1 amide bonds. The molecule has 6 nitrogen and oxygen atoms in total. The maximum atomic E-state index is 13.2. The minimum absolute atomic E-state index is 0.0490. The summed E-state index contributed by atoms with van der Waals surface area (Å²) in [6, 6.07) is 20.7. The Morgan fingerprint density at radius 2 is 1.76 bits per heavy atom. The molecule has 2 unspecified atom stereocenters. The minimum Gasteiger partial charge on any atom is -0.508 e. The molecule has 2 N–H and O–H groups in total. The summed E-state index contributed by atoms with van der Waals surface area (Å²) in [6.07, 6.45) is 1.33. The molecule has 0 aliphatic carbocycles. The molecule has 0 spiro atoms. The van der Waals surface area contributed by atoms with Crippen molar-refractivity contribution >= 4 is 17.4 Å². The first-order valence-electron chi connectivity index (χ1n) is 11.3. The standard InChI is InChI=1S/C28H25NO5/c1-17-15-21-16-20(9-12-23(21)34-17)26(31)24-25(19-7-10-22(30)11-8-19)29(28(33)27(24)32)14-13-18-5-3-2-4-6-18/h2-12,16-17,25,30-31H,13-15H2,1H3/b26-24+. The topological polar surface area (TPSA) is 87.1 Å². The normalized spacial score (nSPS) is 20.9. The average Bonchev–Trinajstić information content (AvgIpc) is 3.34. The maximum Gasteiger partial charge on any atom is 0.295 e. The molecule has 2 aliphatic rings. The summed E-state index contributed by atoms with van der Waals surface area (Å²) in [7, 11) is 0. The summed E-state index contributed by atoms with van der Waals surface area (Å²) in [5.41, 5.74) is 3.17. The third kappa shape index (κ3) is 3.92. The molecule has 6 heteroatoms. The van der Waals surface area contributed by atoms with Crippen molar-refractivity contribution in [2.45, 2.75) is 31.9 Å². The van der Waals surface area contributed by atoms with Gasteiger partial charge in [0.05, 0.1) is 11.6 Å². The lowest BCUT2D eigenvalue weighted by atomic mass is 9.94. The van der Waals surface area contributed by atoms with Crippen molar-refractivity contribution in [2.24, 2.45) is 0 Å². The van der Waals surface area contributed by atoms with Gasteiger partial charge in [-0.1, -0.05) is 42.5 Å². The number of hydrogen-bond acceptors (Lipinski definition) is 5. The summed E-state index contributed by atoms with van der Waals surface area (Å²) in [6.45, 7) is 2.29. The maximum absolute atomic E-state index is 13.2. The van der Waals surface area contributed by atoms with E-state index in [0.717, 1.165) is 16.9 Å². The van der Waals surface area contributed by atoms with Gasteiger partial charge >= 0.3 is 0 Å². The lowest BCUT2D eigenvalue weighted by Crippen LogP contribution is -2.31. The zero-order valence-corrected chi connectivity index (χ0v) is 18.8. The lowest BCUT2D eigenvalue weighted by Gasteiger charge is -2.25. The van der Waals surface area contributed by atoms with E-state index in [0.29, 0.717) is 30.5 Å². The molecule has 0 saturated carbocycles. The molecular weight excluding hydrogens is 430 g/mol. The number of fused-ring (bicyclic) bond motifs is 1. The fraction of sp³-hybridized carbons (Fsp3) is 0.214. The Hall–Kier alpha value is -4.06. The predicted octanol–water partition coefficient (Wildman–Crippen LogP) is 4.38. The number of phenolic OH excluding ortho intramolecular Hbond substituents is 1. The number of hydrogen-bond donors (Lipinski definition) is 2. The van der Waals surface area contributed by atoms with Gasteiger partial charge in [-0.15, -0.1) is 0 Å². The van der Waals surface area contributed by atoms with E-state index in [-0.39, 0.29) is 23.2 Å². The second-order valence-corrected chi connectivity index (χ2v) is 8.77. The van der Waals surface area contributed by atoms with Crippen LogP contribution in [0.2, 0.25) is 0 Å². The summed E-state index contributed by atoms with van der Waals surface area (Å²) < 4.78 is 5.75. The van der Waals surface area contributed by atoms with Crippen LogP contribution >= 0.6 is 0 Å². The predicted molar refractivity (Wildman–Crippen MR) is 127 cm³/mol. The number of amides is 1. The highest BCUT2D eigenvalue weighted by molar-refractivity contribution is 6.46. The summed E-state index contributed by atoms with van der Waals surface area (Å²) in [4.78, 5) is 27.8. The number of aliphatic hydroxyl groups is 1. The first kappa shape index (κ1) is 21.8. The Labute approximate surface area is 197 Å². The van der Waals surface area contributed by atoms with Gasteiger partial charge in [0.25, 0.3) is 11.7 Å². The van der Waals surface area contributed by atoms with E-state index in [4.69, 9.17) is 4.74 Å². The van der Waals surface area contributed by atoms with Crippen LogP contribution in [-0.2, 0) is 22.4 Å². The van der Waals surface area contributed by atoms with Crippen molar-refractivity contribution in [3.63, 3.8) is 0 Å². The highest BCUT2D eigenvalue weighted by Crippen LogP contribution is 2.41. The average molecular weight is 456 g/mol. The van der Waals surface area contributed by atoms with Crippen LogP contribution in [-0.4, -0.2) is 39.5 Å². The zero-order valence-electron chi connectivity index (χ0n) is 18.8. The monoisotopic (exact) mass is 455 g/mol. The van der Waals surface area contributed by atoms with Crippen LogP contribution in [0.15, 0.2) is 78.4 Å². The first-order chi connectivity index (χ1) is 16.4. The van der Waals surface area contributed by atoms with E-state index in [2.05, 4.69) is 0 Å². The summed E-state index contributed by atoms with van der Waals surface area (Å²) >= 11 is 0. The van der Waals surface area contributed by atoms with Crippen molar-refractivity contribution in [2.75, 3.05) is 6.54 Å². The van der Waals surface area contributed by atoms with Crippen LogP contribution in [0.25, 0.3) is 5.76 Å². The molecule has 1 saturated heterocycles. The number of ketones is 1. The van der Waals surface area contributed by atoms with Crippen LogP contribution < -0.4 is 4.74 Å². The molecule has 2 aliphatic heterocycles. The fourth-order valence-electron chi connectivity index (χ4n) is 4.73. The number of nitrogens with zero attached hydrogens (tertiary/aromatic N) is 1. The Balaban J connectivity index is 1.57. The second-order valence-electron chi connectivity index (χ2n) is 8.77. The lowest BCUT2D eigenvalue weighted by molar-refractivity contribution is -0.139. The molecule has 5 rings (SSSR count). The first-order valence-corrected chi connectivity index (χ1v) is 11.3. The van der Waals surface area contributed by atoms with E-state index in [9.17, 15) is 19.8 Å². The molecule has 34 heavy (non-hydrogen) atoms. The van der Waals surface area contributed by atoms with Crippen molar-refractivity contribution in [3.8, 4) is 11.5 Å². The Kier molecular flexibility index (Phi) is 5.57. The molecule has 0 radical (unpaired) electrons. The highest BCUT2D eigenvalue weighted by Gasteiger charge is 2.45. The van der Waals surface area contributed by atoms with Crippen LogP contribution in [0.1, 0.15) is 35.2 Å². The SMILES string of the molecule is CC1Cc2cc(/C(O)=C3\C(=O)C(=O)N(CCc4ccccc4)C3c3ccc(O)cc3)ccc2O1. The Morgan fingerprint density at radius 1 is 1.03 bits per heavy atom. The second kappa shape index (κ2) is 8.71. The number of carbonyl (C=O) groups excluding carboxylic acids is 2. The number of phenols is 1. The number of rotatable bonds is 5. The summed E-state index contributed by atoms with van der Waals surface area (Å²) in [5, 5.41) is 21.0. The molecule has 2 heterocycles. The molecular formula is C28H25NO5. The molecule has 3 aromatic rings. The van der Waals surface area contributed by atoms with Crippen molar-refractivity contribution in [1.82, 2.24) is 4.90 Å². The van der Waals surface area contributed by atoms with Crippen molar-refractivity contribution in [1.29, 1.82) is 0 Å². The van der Waals surface area contributed by atoms with E-state index in [1.165, 1.54) is 17.0 Å². The number of carbonyl (C=O) groups is 2. The number of aromatic hydroxyl groups is 1. The van der Waals surface area contributed by atoms with Gasteiger partial charge in [-0.3, -0.25) is 9.59 Å². The van der Waals surface area contributed by atoms with Crippen molar-refractivity contribution < 1.29 is 24.5 Å². The Morgan fingerprint density at radius 3 is 2.50 bits per heavy atom. The third-order valence-electron chi connectivity index (χ3n) is 6.40. The van der Waals surface area contributed by atoms with E-state index < -0.39 is 17.7 Å². The largest absolute Gasteiger partial charge is 0.508 e. The van der Waals surface area contributed by atoms with Gasteiger partial charge in [-0.2, -0.15) is 0 Å². The van der Waals surface area contributed by atoms with Crippen LogP contribution in [0.5, 0.6) is 11.5 Å². The van der Waals surface area contributed by atoms with E-state index >= 15 is 0 Å². The number of Topliss-reactive ketones (excluding diaryl/α,β-unsaturated/α-hetero) is 1. The molecule has 2 atom stereocenters. The quantitative estimate of drug-likeness (QED) is 0.339. The van der Waals surface area contributed by atoms with Gasteiger partial charge in [0.1, 0.15) is 23.4 Å². The molecule has 172 valence electrons. The molecule has 0 bridgehead atoms. The van der Waals surface area contributed by atoms with E-state index in [1.807, 2.05) is 43.3 Å². The summed E-state index contributed by atoms with van der Waals surface area (Å²) in [5.74, 6) is -0.719. The van der Waals surface area contributed by atoms with Crippen LogP contribution in [0, 0.1) is 0 Å². The molecule has 0 aromatic heterocycles. The third-order valence-corrected chi connectivity index (χ3v) is 6.40. The molecule has 3 aromatic carbocycles. The Bertz CT molecular complexity index is 1280. The minimum atomic E-state index is -0.757.